The first-order chi connectivity index (χ1) is 17.7. The predicted octanol–water partition coefficient (Wildman–Crippen LogP) is 4.44. The molecule has 0 bridgehead atoms. The average molecular weight is 511 g/mol. The van der Waals surface area contributed by atoms with Gasteiger partial charge in [-0.05, 0) is 81.1 Å². The summed E-state index contributed by atoms with van der Waals surface area (Å²) in [6.45, 7) is 12.6. The minimum Gasteiger partial charge on any atom is -0.481 e. The number of nitrogens with zero attached hydrogens (tertiary/aromatic N) is 4. The first kappa shape index (κ1) is 28.7. The fourth-order valence-electron chi connectivity index (χ4n) is 5.23. The summed E-state index contributed by atoms with van der Waals surface area (Å²) < 4.78 is 2.23. The highest BCUT2D eigenvalue weighted by molar-refractivity contribution is 5.71. The largest absolute Gasteiger partial charge is 0.481 e. The number of carbonyl (C=O) groups is 1. The number of benzene rings is 1. The van der Waals surface area contributed by atoms with Crippen LogP contribution >= 0.6 is 0 Å². The van der Waals surface area contributed by atoms with Crippen molar-refractivity contribution in [3.05, 3.63) is 65.0 Å². The van der Waals surface area contributed by atoms with Crippen LogP contribution in [0.5, 0.6) is 0 Å². The maximum Gasteiger partial charge on any atom is 0.306 e. The van der Waals surface area contributed by atoms with E-state index in [4.69, 9.17) is 11.6 Å². The van der Waals surface area contributed by atoms with E-state index in [0.29, 0.717) is 25.1 Å². The van der Waals surface area contributed by atoms with Crippen LogP contribution in [-0.2, 0) is 17.9 Å². The Morgan fingerprint density at radius 2 is 2.00 bits per heavy atom. The third-order valence-electron chi connectivity index (χ3n) is 8.03. The summed E-state index contributed by atoms with van der Waals surface area (Å²) >= 11 is 0. The van der Waals surface area contributed by atoms with Gasteiger partial charge in [0.2, 0.25) is 0 Å². The van der Waals surface area contributed by atoms with E-state index in [0.717, 1.165) is 43.5 Å². The molecule has 2 atom stereocenters. The van der Waals surface area contributed by atoms with Crippen LogP contribution in [0.2, 0.25) is 0 Å². The fraction of sp³-hybridized carbons (Fsp3) is 0.586. The number of hydrogen-bond acceptors (Lipinski definition) is 6. The minimum atomic E-state index is -0.799. The van der Waals surface area contributed by atoms with Gasteiger partial charge in [-0.15, -0.1) is 0 Å². The van der Waals surface area contributed by atoms with Crippen molar-refractivity contribution in [2.24, 2.45) is 23.4 Å². The number of hydrazine groups is 1. The third-order valence-corrected chi connectivity index (χ3v) is 8.03. The van der Waals surface area contributed by atoms with Gasteiger partial charge in [0.1, 0.15) is 5.82 Å². The van der Waals surface area contributed by atoms with Crippen LogP contribution in [0.1, 0.15) is 81.3 Å². The molecule has 0 radical (unpaired) electrons. The van der Waals surface area contributed by atoms with Crippen LogP contribution in [0, 0.1) is 18.8 Å². The lowest BCUT2D eigenvalue weighted by molar-refractivity contribution is -0.142. The quantitative estimate of drug-likeness (QED) is 0.270. The van der Waals surface area contributed by atoms with Gasteiger partial charge in [0.05, 0.1) is 12.5 Å². The van der Waals surface area contributed by atoms with Gasteiger partial charge in [-0.2, -0.15) is 0 Å². The maximum atomic E-state index is 12.0. The number of rotatable bonds is 13. The molecular weight excluding hydrogens is 464 g/mol. The zero-order valence-electron chi connectivity index (χ0n) is 23.1. The van der Waals surface area contributed by atoms with E-state index in [1.54, 1.807) is 18.1 Å². The van der Waals surface area contributed by atoms with E-state index in [1.165, 1.54) is 30.4 Å². The van der Waals surface area contributed by atoms with E-state index in [-0.39, 0.29) is 5.92 Å². The van der Waals surface area contributed by atoms with Gasteiger partial charge in [0, 0.05) is 37.4 Å². The number of imidazole rings is 1. The maximum absolute atomic E-state index is 12.0. The SMILES string of the molecule is CCC1CCN(Cc2nccn2Cc2cc(C(CC/C(N)=C/N(N)CC)C(C)C(=O)O)ccc2C)CC1. The summed E-state index contributed by atoms with van der Waals surface area (Å²) in [4.78, 5) is 19.2. The van der Waals surface area contributed by atoms with Crippen LogP contribution in [0.25, 0.3) is 0 Å². The normalized spacial score (nSPS) is 17.1. The standard InChI is InChI=1S/C29H46N6O2/c1-5-23-11-14-33(15-12-23)20-28-32-13-16-34(28)18-25-17-24(8-7-21(25)3)27(22(4)29(36)37)10-9-26(30)19-35(31)6-2/h7-8,13,16-17,19,22-23,27H,5-6,9-12,14-15,18,20,30-31H2,1-4H3,(H,36,37)/b26-19-. The van der Waals surface area contributed by atoms with Crippen molar-refractivity contribution in [2.45, 2.75) is 78.8 Å². The Morgan fingerprint density at radius 1 is 1.27 bits per heavy atom. The topological polar surface area (TPSA) is 114 Å². The highest BCUT2D eigenvalue weighted by atomic mass is 16.4. The van der Waals surface area contributed by atoms with E-state index in [1.807, 2.05) is 13.1 Å². The summed E-state index contributed by atoms with van der Waals surface area (Å²) in [5, 5.41) is 11.4. The molecule has 2 aromatic rings. The van der Waals surface area contributed by atoms with E-state index < -0.39 is 11.9 Å². The number of piperidine rings is 1. The molecule has 0 aliphatic carbocycles. The molecule has 8 nitrogen and oxygen atoms in total. The number of nitrogens with two attached hydrogens (primary N) is 2. The Morgan fingerprint density at radius 3 is 2.65 bits per heavy atom. The van der Waals surface area contributed by atoms with E-state index in [9.17, 15) is 9.90 Å². The van der Waals surface area contributed by atoms with Gasteiger partial charge in [0.25, 0.3) is 0 Å². The number of aliphatic carboxylic acids is 1. The Kier molecular flexibility index (Phi) is 10.6. The molecule has 0 spiro atoms. The molecule has 37 heavy (non-hydrogen) atoms. The lowest BCUT2D eigenvalue weighted by atomic mass is 9.82. The van der Waals surface area contributed by atoms with Crippen LogP contribution < -0.4 is 11.6 Å². The molecule has 204 valence electrons. The molecule has 0 saturated carbocycles. The summed E-state index contributed by atoms with van der Waals surface area (Å²) in [7, 11) is 0. The molecule has 2 heterocycles. The molecule has 1 aromatic heterocycles. The average Bonchev–Trinajstić information content (AvgIpc) is 3.32. The van der Waals surface area contributed by atoms with Gasteiger partial charge < -0.3 is 20.4 Å². The molecule has 2 unspecified atom stereocenters. The van der Waals surface area contributed by atoms with Crippen LogP contribution in [-0.4, -0.2) is 50.2 Å². The lowest BCUT2D eigenvalue weighted by Gasteiger charge is -2.31. The van der Waals surface area contributed by atoms with Crippen molar-refractivity contribution in [3.63, 3.8) is 0 Å². The Hall–Kier alpha value is -2.84. The number of aryl methyl sites for hydroxylation is 1. The van der Waals surface area contributed by atoms with E-state index >= 15 is 0 Å². The number of allylic oxidation sites excluding steroid dienone is 1. The van der Waals surface area contributed by atoms with Crippen molar-refractivity contribution in [1.82, 2.24) is 19.5 Å². The third kappa shape index (κ3) is 8.07. The van der Waals surface area contributed by atoms with E-state index in [2.05, 4.69) is 52.7 Å². The van der Waals surface area contributed by atoms with Crippen molar-refractivity contribution in [1.29, 1.82) is 0 Å². The van der Waals surface area contributed by atoms with Crippen molar-refractivity contribution < 1.29 is 9.90 Å². The van der Waals surface area contributed by atoms with Gasteiger partial charge in [-0.25, -0.2) is 10.8 Å². The second kappa shape index (κ2) is 13.6. The molecule has 1 saturated heterocycles. The number of carboxylic acid groups (broad SMARTS) is 1. The Balaban J connectivity index is 1.76. The smallest absolute Gasteiger partial charge is 0.306 e. The zero-order chi connectivity index (χ0) is 26.9. The van der Waals surface area contributed by atoms with Crippen LogP contribution in [0.15, 0.2) is 42.5 Å². The second-order valence-corrected chi connectivity index (χ2v) is 10.6. The molecule has 8 heteroatoms. The molecule has 1 aliphatic heterocycles. The van der Waals surface area contributed by atoms with Crippen molar-refractivity contribution in [3.8, 4) is 0 Å². The van der Waals surface area contributed by atoms with Gasteiger partial charge >= 0.3 is 5.97 Å². The second-order valence-electron chi connectivity index (χ2n) is 10.6. The highest BCUT2D eigenvalue weighted by Gasteiger charge is 2.26. The summed E-state index contributed by atoms with van der Waals surface area (Å²) in [6.07, 6.45) is 10.7. The van der Waals surface area contributed by atoms with Gasteiger partial charge in [-0.3, -0.25) is 9.69 Å². The van der Waals surface area contributed by atoms with Gasteiger partial charge in [0.15, 0.2) is 0 Å². The number of aromatic nitrogens is 2. The molecule has 0 amide bonds. The summed E-state index contributed by atoms with van der Waals surface area (Å²) in [5.41, 5.74) is 10.3. The molecule has 3 rings (SSSR count). The summed E-state index contributed by atoms with van der Waals surface area (Å²) in [5.74, 6) is 6.31. The fourth-order valence-corrected chi connectivity index (χ4v) is 5.23. The van der Waals surface area contributed by atoms with Gasteiger partial charge in [-0.1, -0.05) is 38.5 Å². The number of hydrogen-bond donors (Lipinski definition) is 3. The summed E-state index contributed by atoms with van der Waals surface area (Å²) in [6, 6.07) is 6.35. The highest BCUT2D eigenvalue weighted by Crippen LogP contribution is 2.32. The van der Waals surface area contributed by atoms with Crippen LogP contribution in [0.3, 0.4) is 0 Å². The first-order valence-corrected chi connectivity index (χ1v) is 13.7. The monoisotopic (exact) mass is 510 g/mol. The Bertz CT molecular complexity index is 1040. The Labute approximate surface area is 222 Å². The zero-order valence-corrected chi connectivity index (χ0v) is 23.1. The lowest BCUT2D eigenvalue weighted by Crippen LogP contribution is -2.34. The molecule has 1 aliphatic rings. The first-order valence-electron chi connectivity index (χ1n) is 13.7. The molecule has 1 aromatic carbocycles. The molecular formula is C29H46N6O2. The van der Waals surface area contributed by atoms with Crippen molar-refractivity contribution >= 4 is 5.97 Å². The number of likely N-dealkylation sites (tertiary alicyclic amines) is 1. The minimum absolute atomic E-state index is 0.154. The molecule has 5 N–H and O–H groups in total. The molecule has 1 fully saturated rings. The van der Waals surface area contributed by atoms with Crippen LogP contribution in [0.4, 0.5) is 0 Å². The predicted molar refractivity (Wildman–Crippen MR) is 148 cm³/mol. The van der Waals surface area contributed by atoms with Crippen molar-refractivity contribution in [2.75, 3.05) is 19.6 Å². The number of carboxylic acids is 1.